The standard InChI is InChI=1S/C15H27N/c1-2-4-6-12(5-3-1)15-10-7-13(15)11-16-14-8-9-14/h12-16H,1-11H2. The summed E-state index contributed by atoms with van der Waals surface area (Å²) in [6.45, 7) is 1.34. The van der Waals surface area contributed by atoms with Gasteiger partial charge >= 0.3 is 0 Å². The molecular formula is C15H27N. The maximum absolute atomic E-state index is 3.74. The van der Waals surface area contributed by atoms with Gasteiger partial charge in [0.2, 0.25) is 0 Å². The molecule has 0 bridgehead atoms. The zero-order chi connectivity index (χ0) is 10.8. The van der Waals surface area contributed by atoms with Gasteiger partial charge in [-0.2, -0.15) is 0 Å². The highest BCUT2D eigenvalue weighted by molar-refractivity contribution is 4.90. The molecule has 16 heavy (non-hydrogen) atoms. The smallest absolute Gasteiger partial charge is 0.00683 e. The molecule has 2 unspecified atom stereocenters. The third kappa shape index (κ3) is 2.61. The summed E-state index contributed by atoms with van der Waals surface area (Å²) in [6, 6.07) is 0.912. The molecule has 3 aliphatic carbocycles. The van der Waals surface area contributed by atoms with Crippen molar-refractivity contribution in [3.05, 3.63) is 0 Å². The number of hydrogen-bond donors (Lipinski definition) is 1. The van der Waals surface area contributed by atoms with E-state index in [1.807, 2.05) is 0 Å². The molecule has 3 saturated carbocycles. The molecule has 1 heteroatoms. The maximum atomic E-state index is 3.74. The van der Waals surface area contributed by atoms with Gasteiger partial charge in [0.25, 0.3) is 0 Å². The Morgan fingerprint density at radius 3 is 2.06 bits per heavy atom. The summed E-state index contributed by atoms with van der Waals surface area (Å²) in [5.74, 6) is 3.25. The Hall–Kier alpha value is -0.0400. The van der Waals surface area contributed by atoms with E-state index < -0.39 is 0 Å². The first-order valence-electron chi connectivity index (χ1n) is 7.67. The summed E-state index contributed by atoms with van der Waals surface area (Å²) in [6.07, 6.45) is 15.1. The second-order valence-corrected chi connectivity index (χ2v) is 6.44. The fourth-order valence-electron chi connectivity index (χ4n) is 3.81. The van der Waals surface area contributed by atoms with Gasteiger partial charge in [0.15, 0.2) is 0 Å². The van der Waals surface area contributed by atoms with E-state index in [1.54, 1.807) is 19.3 Å². The van der Waals surface area contributed by atoms with Crippen LogP contribution in [-0.4, -0.2) is 12.6 Å². The van der Waals surface area contributed by atoms with E-state index >= 15 is 0 Å². The molecule has 1 N–H and O–H groups in total. The lowest BCUT2D eigenvalue weighted by Crippen LogP contribution is -2.39. The van der Waals surface area contributed by atoms with E-state index in [-0.39, 0.29) is 0 Å². The molecule has 0 aromatic carbocycles. The second-order valence-electron chi connectivity index (χ2n) is 6.44. The van der Waals surface area contributed by atoms with Crippen LogP contribution in [0, 0.1) is 17.8 Å². The summed E-state index contributed by atoms with van der Waals surface area (Å²) in [5, 5.41) is 3.74. The molecule has 0 heterocycles. The molecule has 0 aromatic rings. The Morgan fingerprint density at radius 1 is 0.750 bits per heavy atom. The average molecular weight is 221 g/mol. The fraction of sp³-hybridized carbons (Fsp3) is 1.00. The molecular weight excluding hydrogens is 194 g/mol. The van der Waals surface area contributed by atoms with Gasteiger partial charge in [-0.1, -0.05) is 38.5 Å². The molecule has 3 rings (SSSR count). The Kier molecular flexibility index (Phi) is 3.51. The van der Waals surface area contributed by atoms with Gasteiger partial charge in [0.05, 0.1) is 0 Å². The molecule has 3 fully saturated rings. The van der Waals surface area contributed by atoms with E-state index in [4.69, 9.17) is 0 Å². The molecule has 0 radical (unpaired) electrons. The highest BCUT2D eigenvalue weighted by Crippen LogP contribution is 2.44. The molecule has 0 amide bonds. The fourth-order valence-corrected chi connectivity index (χ4v) is 3.81. The average Bonchev–Trinajstić information content (AvgIpc) is 3.03. The van der Waals surface area contributed by atoms with Crippen LogP contribution in [0.3, 0.4) is 0 Å². The second kappa shape index (κ2) is 5.08. The van der Waals surface area contributed by atoms with Crippen molar-refractivity contribution in [2.45, 2.75) is 70.3 Å². The van der Waals surface area contributed by atoms with Gasteiger partial charge in [-0.3, -0.25) is 0 Å². The van der Waals surface area contributed by atoms with Crippen molar-refractivity contribution in [1.82, 2.24) is 5.32 Å². The highest BCUT2D eigenvalue weighted by atomic mass is 14.9. The molecule has 2 atom stereocenters. The Labute approximate surface area is 100 Å². The Bertz CT molecular complexity index is 213. The van der Waals surface area contributed by atoms with Crippen LogP contribution in [0.5, 0.6) is 0 Å². The SMILES string of the molecule is C1CCCC(C2CCC2CNC2CC2)CC1. The molecule has 92 valence electrons. The van der Waals surface area contributed by atoms with Crippen LogP contribution in [0.15, 0.2) is 0 Å². The zero-order valence-corrected chi connectivity index (χ0v) is 10.6. The largest absolute Gasteiger partial charge is 0.314 e. The van der Waals surface area contributed by atoms with Gasteiger partial charge in [-0.15, -0.1) is 0 Å². The predicted molar refractivity (Wildman–Crippen MR) is 68.4 cm³/mol. The van der Waals surface area contributed by atoms with Crippen LogP contribution in [0.4, 0.5) is 0 Å². The summed E-state index contributed by atoms with van der Waals surface area (Å²) >= 11 is 0. The molecule has 0 aromatic heterocycles. The number of hydrogen-bond acceptors (Lipinski definition) is 1. The monoisotopic (exact) mass is 221 g/mol. The summed E-state index contributed by atoms with van der Waals surface area (Å²) < 4.78 is 0. The van der Waals surface area contributed by atoms with E-state index in [0.29, 0.717) is 0 Å². The lowest BCUT2D eigenvalue weighted by Gasteiger charge is -2.42. The third-order valence-electron chi connectivity index (χ3n) is 5.23. The van der Waals surface area contributed by atoms with Crippen LogP contribution >= 0.6 is 0 Å². The van der Waals surface area contributed by atoms with Gasteiger partial charge in [-0.05, 0) is 50.0 Å². The maximum Gasteiger partial charge on any atom is 0.00683 e. The van der Waals surface area contributed by atoms with E-state index in [1.165, 1.54) is 51.5 Å². The number of rotatable bonds is 4. The highest BCUT2D eigenvalue weighted by Gasteiger charge is 2.37. The lowest BCUT2D eigenvalue weighted by atomic mass is 9.65. The van der Waals surface area contributed by atoms with Crippen LogP contribution < -0.4 is 5.32 Å². The summed E-state index contributed by atoms with van der Waals surface area (Å²) in [5.41, 5.74) is 0. The summed E-state index contributed by atoms with van der Waals surface area (Å²) in [4.78, 5) is 0. The molecule has 0 spiro atoms. The minimum atomic E-state index is 0.912. The molecule has 3 aliphatic rings. The molecule has 0 aliphatic heterocycles. The topological polar surface area (TPSA) is 12.0 Å². The van der Waals surface area contributed by atoms with Crippen LogP contribution in [-0.2, 0) is 0 Å². The van der Waals surface area contributed by atoms with E-state index in [0.717, 1.165) is 23.8 Å². The minimum Gasteiger partial charge on any atom is -0.314 e. The minimum absolute atomic E-state index is 0.912. The van der Waals surface area contributed by atoms with Crippen molar-refractivity contribution in [2.24, 2.45) is 17.8 Å². The van der Waals surface area contributed by atoms with Crippen molar-refractivity contribution < 1.29 is 0 Å². The van der Waals surface area contributed by atoms with Crippen molar-refractivity contribution >= 4 is 0 Å². The normalized spacial score (nSPS) is 36.8. The van der Waals surface area contributed by atoms with E-state index in [9.17, 15) is 0 Å². The van der Waals surface area contributed by atoms with Gasteiger partial charge in [0.1, 0.15) is 0 Å². The quantitative estimate of drug-likeness (QED) is 0.713. The van der Waals surface area contributed by atoms with Crippen molar-refractivity contribution in [1.29, 1.82) is 0 Å². The van der Waals surface area contributed by atoms with Gasteiger partial charge in [-0.25, -0.2) is 0 Å². The first kappa shape index (κ1) is 11.1. The van der Waals surface area contributed by atoms with Crippen LogP contribution in [0.25, 0.3) is 0 Å². The third-order valence-corrected chi connectivity index (χ3v) is 5.23. The van der Waals surface area contributed by atoms with Crippen LogP contribution in [0.2, 0.25) is 0 Å². The Morgan fingerprint density at radius 2 is 1.50 bits per heavy atom. The van der Waals surface area contributed by atoms with Gasteiger partial charge in [0, 0.05) is 6.04 Å². The zero-order valence-electron chi connectivity index (χ0n) is 10.6. The predicted octanol–water partition coefficient (Wildman–Crippen LogP) is 3.74. The van der Waals surface area contributed by atoms with Crippen molar-refractivity contribution in [3.63, 3.8) is 0 Å². The first-order chi connectivity index (χ1) is 7.93. The van der Waals surface area contributed by atoms with Crippen molar-refractivity contribution in [2.75, 3.05) is 6.54 Å². The Balaban J connectivity index is 1.45. The first-order valence-corrected chi connectivity index (χ1v) is 7.67. The number of nitrogens with one attached hydrogen (secondary N) is 1. The summed E-state index contributed by atoms with van der Waals surface area (Å²) in [7, 11) is 0. The van der Waals surface area contributed by atoms with E-state index in [2.05, 4.69) is 5.32 Å². The van der Waals surface area contributed by atoms with Gasteiger partial charge < -0.3 is 5.32 Å². The molecule has 0 saturated heterocycles. The molecule has 1 nitrogen and oxygen atoms in total. The lowest BCUT2D eigenvalue weighted by molar-refractivity contribution is 0.0920. The van der Waals surface area contributed by atoms with Crippen LogP contribution in [0.1, 0.15) is 64.2 Å². The van der Waals surface area contributed by atoms with Crippen molar-refractivity contribution in [3.8, 4) is 0 Å².